The van der Waals surface area contributed by atoms with Crippen LogP contribution in [0.4, 0.5) is 39.5 Å². The number of hydrogen-bond donors (Lipinski definition) is 1. The van der Waals surface area contributed by atoms with E-state index >= 15 is 0 Å². The van der Waals surface area contributed by atoms with E-state index in [0.29, 0.717) is 0 Å². The Balaban J connectivity index is 2.46. The van der Waals surface area contributed by atoms with Gasteiger partial charge in [0.1, 0.15) is 45.9 Å². The molecule has 0 saturated carbocycles. The smallest absolute Gasteiger partial charge is 0.432 e. The molecule has 0 aliphatic carbocycles. The van der Waals surface area contributed by atoms with Crippen molar-refractivity contribution in [3.63, 3.8) is 0 Å². The molecule has 11 heteroatoms. The minimum atomic E-state index is -5.44. The molecule has 2 nitrogen and oxygen atoms in total. The van der Waals surface area contributed by atoms with Gasteiger partial charge < -0.3 is 9.84 Å². The first-order valence-corrected chi connectivity index (χ1v) is 6.14. The molecular weight excluding hydrogens is 371 g/mol. The second-order valence-corrected chi connectivity index (χ2v) is 4.66. The third-order valence-electron chi connectivity index (χ3n) is 2.86. The Hall–Kier alpha value is -2.59. The molecule has 0 amide bonds. The van der Waals surface area contributed by atoms with Gasteiger partial charge in [-0.15, -0.1) is 0 Å². The maximum Gasteiger partial charge on any atom is 0.432 e. The van der Waals surface area contributed by atoms with Crippen molar-refractivity contribution in [2.75, 3.05) is 0 Å². The average molecular weight is 376 g/mol. The summed E-state index contributed by atoms with van der Waals surface area (Å²) in [6.07, 6.45) is -10.3. The van der Waals surface area contributed by atoms with Gasteiger partial charge in [-0.2, -0.15) is 22.0 Å². The zero-order valence-corrected chi connectivity index (χ0v) is 11.6. The number of phenolic OH excluding ortho intramolecular Hbond substituents is 1. The quantitative estimate of drug-likeness (QED) is 0.756. The number of ether oxygens (including phenoxy) is 1. The van der Waals surface area contributed by atoms with Crippen LogP contribution in [0.2, 0.25) is 0 Å². The summed E-state index contributed by atoms with van der Waals surface area (Å²) >= 11 is 0. The van der Waals surface area contributed by atoms with E-state index in [1.165, 1.54) is 0 Å². The van der Waals surface area contributed by atoms with E-state index in [1.807, 2.05) is 0 Å². The van der Waals surface area contributed by atoms with Gasteiger partial charge in [-0.1, -0.05) is 0 Å². The molecule has 2 aromatic carbocycles. The van der Waals surface area contributed by atoms with Crippen molar-refractivity contribution in [3.05, 3.63) is 58.7 Å². The summed E-state index contributed by atoms with van der Waals surface area (Å²) in [7, 11) is 0. The fourth-order valence-electron chi connectivity index (χ4n) is 1.92. The van der Waals surface area contributed by atoms with Crippen LogP contribution in [-0.4, -0.2) is 5.11 Å². The highest BCUT2D eigenvalue weighted by Crippen LogP contribution is 2.39. The Bertz CT molecular complexity index is 768. The lowest BCUT2D eigenvalue weighted by atomic mass is 10.1. The molecule has 1 N–H and O–H groups in total. The van der Waals surface area contributed by atoms with Crippen LogP contribution in [0.5, 0.6) is 11.5 Å². The molecule has 0 spiro atoms. The Morgan fingerprint density at radius 3 is 1.48 bits per heavy atom. The van der Waals surface area contributed by atoms with Gasteiger partial charge in [0.15, 0.2) is 0 Å². The molecule has 0 unspecified atom stereocenters. The SMILES string of the molecule is Oc1cc(F)c(C(F)(F)Oc2cc(F)c(C(F)(F)F)c(F)c2)c(F)c1. The highest BCUT2D eigenvalue weighted by Gasteiger charge is 2.43. The Labute approximate surface area is 133 Å². The highest BCUT2D eigenvalue weighted by molar-refractivity contribution is 5.35. The molecule has 0 saturated heterocycles. The average Bonchev–Trinajstić information content (AvgIpc) is 2.32. The van der Waals surface area contributed by atoms with Gasteiger partial charge >= 0.3 is 12.3 Å². The van der Waals surface area contributed by atoms with E-state index in [0.717, 1.165) is 0 Å². The number of benzene rings is 2. The van der Waals surface area contributed by atoms with Crippen molar-refractivity contribution in [3.8, 4) is 11.5 Å². The molecule has 0 aliphatic heterocycles. The van der Waals surface area contributed by atoms with E-state index < -0.39 is 58.2 Å². The fourth-order valence-corrected chi connectivity index (χ4v) is 1.92. The molecule has 136 valence electrons. The van der Waals surface area contributed by atoms with Crippen LogP contribution in [0.25, 0.3) is 0 Å². The first-order valence-electron chi connectivity index (χ1n) is 6.14. The molecule has 25 heavy (non-hydrogen) atoms. The minimum Gasteiger partial charge on any atom is -0.508 e. The summed E-state index contributed by atoms with van der Waals surface area (Å²) in [5, 5.41) is 8.88. The highest BCUT2D eigenvalue weighted by atomic mass is 19.4. The van der Waals surface area contributed by atoms with Gasteiger partial charge in [-0.25, -0.2) is 17.6 Å². The molecule has 0 radical (unpaired) electrons. The number of alkyl halides is 5. The Kier molecular flexibility index (Phi) is 4.53. The molecule has 0 atom stereocenters. The van der Waals surface area contributed by atoms with Gasteiger partial charge in [0.05, 0.1) is 0 Å². The maximum absolute atomic E-state index is 13.8. The van der Waals surface area contributed by atoms with Gasteiger partial charge in [-0.3, -0.25) is 0 Å². The standard InChI is InChI=1S/C14H5F9O2/c15-7-1-5(24)2-8(16)12(7)14(22,23)25-6-3-9(17)11(10(18)4-6)13(19,20)21/h1-4,24H. The molecule has 0 aromatic heterocycles. The first kappa shape index (κ1) is 18.7. The zero-order chi connectivity index (χ0) is 19.2. The summed E-state index contributed by atoms with van der Waals surface area (Å²) in [4.78, 5) is 0. The van der Waals surface area contributed by atoms with Gasteiger partial charge in [0.25, 0.3) is 0 Å². The predicted octanol–water partition coefficient (Wildman–Crippen LogP) is 5.10. The molecule has 2 rings (SSSR count). The normalized spacial score (nSPS) is 12.4. The van der Waals surface area contributed by atoms with Crippen LogP contribution < -0.4 is 4.74 Å². The van der Waals surface area contributed by atoms with Gasteiger partial charge in [0, 0.05) is 24.3 Å². The Morgan fingerprint density at radius 2 is 1.08 bits per heavy atom. The van der Waals surface area contributed by atoms with Crippen molar-refractivity contribution in [1.82, 2.24) is 0 Å². The second-order valence-electron chi connectivity index (χ2n) is 4.66. The van der Waals surface area contributed by atoms with Crippen LogP contribution in [0.3, 0.4) is 0 Å². The number of hydrogen-bond acceptors (Lipinski definition) is 2. The largest absolute Gasteiger partial charge is 0.508 e. The van der Waals surface area contributed by atoms with E-state index in [-0.39, 0.29) is 24.3 Å². The third-order valence-corrected chi connectivity index (χ3v) is 2.86. The van der Waals surface area contributed by atoms with Crippen LogP contribution in [0, 0.1) is 23.3 Å². The van der Waals surface area contributed by atoms with Crippen LogP contribution in [-0.2, 0) is 12.3 Å². The summed E-state index contributed by atoms with van der Waals surface area (Å²) < 4.78 is 122. The van der Waals surface area contributed by atoms with Crippen molar-refractivity contribution in [1.29, 1.82) is 0 Å². The van der Waals surface area contributed by atoms with Crippen molar-refractivity contribution in [2.45, 2.75) is 12.3 Å². The molecule has 2 aromatic rings. The lowest BCUT2D eigenvalue weighted by Crippen LogP contribution is -2.25. The molecule has 0 bridgehead atoms. The Morgan fingerprint density at radius 1 is 0.680 bits per heavy atom. The zero-order valence-electron chi connectivity index (χ0n) is 11.6. The van der Waals surface area contributed by atoms with E-state index in [4.69, 9.17) is 5.11 Å². The number of rotatable bonds is 3. The van der Waals surface area contributed by atoms with E-state index in [1.54, 1.807) is 0 Å². The number of phenols is 1. The summed E-state index contributed by atoms with van der Waals surface area (Å²) in [5.74, 6) is -10.9. The summed E-state index contributed by atoms with van der Waals surface area (Å²) in [6.45, 7) is 0. The van der Waals surface area contributed by atoms with Gasteiger partial charge in [-0.05, 0) is 0 Å². The van der Waals surface area contributed by atoms with Crippen molar-refractivity contribution < 1.29 is 49.4 Å². The van der Waals surface area contributed by atoms with Crippen LogP contribution in [0.15, 0.2) is 24.3 Å². The number of aromatic hydroxyl groups is 1. The van der Waals surface area contributed by atoms with Crippen LogP contribution in [0.1, 0.15) is 11.1 Å². The minimum absolute atomic E-state index is 0.115. The lowest BCUT2D eigenvalue weighted by Gasteiger charge is -2.20. The number of halogens is 9. The molecule has 0 fully saturated rings. The molecular formula is C14H5F9O2. The van der Waals surface area contributed by atoms with Crippen LogP contribution >= 0.6 is 0 Å². The van der Waals surface area contributed by atoms with Gasteiger partial charge in [0.2, 0.25) is 0 Å². The summed E-state index contributed by atoms with van der Waals surface area (Å²) in [5.41, 5.74) is -4.35. The third kappa shape index (κ3) is 3.74. The summed E-state index contributed by atoms with van der Waals surface area (Å²) in [6, 6.07) is -0.195. The topological polar surface area (TPSA) is 29.5 Å². The maximum atomic E-state index is 13.8. The van der Waals surface area contributed by atoms with E-state index in [2.05, 4.69) is 4.74 Å². The molecule has 0 aliphatic rings. The van der Waals surface area contributed by atoms with E-state index in [9.17, 15) is 39.5 Å². The first-order chi connectivity index (χ1) is 11.3. The van der Waals surface area contributed by atoms with Crippen molar-refractivity contribution in [2.24, 2.45) is 0 Å². The lowest BCUT2D eigenvalue weighted by molar-refractivity contribution is -0.189. The van der Waals surface area contributed by atoms with Crippen molar-refractivity contribution >= 4 is 0 Å². The second kappa shape index (κ2) is 6.05. The fraction of sp³-hybridized carbons (Fsp3) is 0.143. The predicted molar refractivity (Wildman–Crippen MR) is 63.9 cm³/mol. The monoisotopic (exact) mass is 376 g/mol. The molecule has 0 heterocycles.